The molecule has 0 aliphatic carbocycles. The van der Waals surface area contributed by atoms with Gasteiger partial charge in [0.2, 0.25) is 0 Å². The molecule has 0 fully saturated rings. The third-order valence-electron chi connectivity index (χ3n) is 2.93. The Morgan fingerprint density at radius 2 is 1.85 bits per heavy atom. The Kier molecular flexibility index (Phi) is 6.31. The van der Waals surface area contributed by atoms with Crippen LogP contribution in [0.25, 0.3) is 10.9 Å². The normalized spacial score (nSPS) is 10.8. The summed E-state index contributed by atoms with van der Waals surface area (Å²) in [5.74, 6) is -0.574. The molecule has 1 aromatic carbocycles. The second kappa shape index (κ2) is 8.00. The molecule has 0 saturated heterocycles. The third-order valence-corrected chi connectivity index (χ3v) is 2.93. The monoisotopic (exact) mass is 272 g/mol. The predicted octanol–water partition coefficient (Wildman–Crippen LogP) is 3.36. The lowest BCUT2D eigenvalue weighted by molar-refractivity contribution is -0.138. The molecular weight excluding hydrogens is 252 g/mol. The number of hydrogen-bond acceptors (Lipinski definition) is 3. The molecule has 0 spiro atoms. The van der Waals surface area contributed by atoms with E-state index in [0.717, 1.165) is 24.3 Å². The van der Waals surface area contributed by atoms with Gasteiger partial charge in [-0.15, -0.1) is 0 Å². The van der Waals surface area contributed by atoms with Crippen LogP contribution in [0.2, 0.25) is 0 Å². The Labute approximate surface area is 120 Å². The van der Waals surface area contributed by atoms with E-state index in [0.29, 0.717) is 0 Å². The maximum Gasteiger partial charge on any atom is 0.336 e. The highest BCUT2D eigenvalue weighted by atomic mass is 16.5. The van der Waals surface area contributed by atoms with E-state index in [4.69, 9.17) is 11.3 Å². The summed E-state index contributed by atoms with van der Waals surface area (Å²) < 4.78 is 4.83. The number of benzene rings is 1. The van der Waals surface area contributed by atoms with Gasteiger partial charge in [-0.1, -0.05) is 12.1 Å². The van der Waals surface area contributed by atoms with Gasteiger partial charge in [0.05, 0.1) is 13.2 Å². The number of rotatable bonds is 6. The number of nitrogens with zero attached hydrogens (tertiary/aromatic N) is 2. The number of hydrogen-bond donors (Lipinski definition) is 0. The number of ether oxygens (including phenoxy) is 1. The number of esters is 1. The zero-order chi connectivity index (χ0) is 15.0. The summed E-state index contributed by atoms with van der Waals surface area (Å²) >= 11 is 0. The van der Waals surface area contributed by atoms with Gasteiger partial charge < -0.3 is 9.64 Å². The summed E-state index contributed by atoms with van der Waals surface area (Å²) in [5.41, 5.74) is 1.95. The van der Waals surface area contributed by atoms with E-state index in [1.807, 2.05) is 24.3 Å². The van der Waals surface area contributed by atoms with Crippen molar-refractivity contribution in [2.75, 3.05) is 24.6 Å². The van der Waals surface area contributed by atoms with Gasteiger partial charge in [0.25, 0.3) is 5.70 Å². The van der Waals surface area contributed by atoms with Crippen LogP contribution in [0.15, 0.2) is 30.0 Å². The first-order valence-electron chi connectivity index (χ1n) is 6.77. The lowest BCUT2D eigenvalue weighted by Gasteiger charge is -2.20. The summed E-state index contributed by atoms with van der Waals surface area (Å²) in [6.45, 7) is 15.1. The minimum Gasteiger partial charge on any atom is -0.471 e. The first kappa shape index (κ1) is 15.8. The summed E-state index contributed by atoms with van der Waals surface area (Å²) in [6.07, 6.45) is 1.55. The second-order valence-electron chi connectivity index (χ2n) is 4.13. The van der Waals surface area contributed by atoms with E-state index in [-0.39, 0.29) is 12.3 Å². The van der Waals surface area contributed by atoms with Crippen molar-refractivity contribution in [2.45, 2.75) is 20.8 Å². The highest BCUT2D eigenvalue weighted by molar-refractivity contribution is 5.95. The van der Waals surface area contributed by atoms with Gasteiger partial charge in [-0.05, 0) is 44.5 Å². The number of carbonyl (C=O) groups excluding carboxylic acids is 1. The molecule has 0 aliphatic rings. The molecular formula is C16H20N2O2. The fourth-order valence-electron chi connectivity index (χ4n) is 1.87. The maximum absolute atomic E-state index is 11.5. The zero-order valence-corrected chi connectivity index (χ0v) is 12.2. The average Bonchev–Trinajstić information content (AvgIpc) is 2.47. The minimum absolute atomic E-state index is 0.00226. The van der Waals surface area contributed by atoms with E-state index in [1.165, 1.54) is 0 Å². The van der Waals surface area contributed by atoms with Gasteiger partial charge in [-0.2, -0.15) is 0 Å². The first-order valence-corrected chi connectivity index (χ1v) is 6.77. The van der Waals surface area contributed by atoms with E-state index in [2.05, 4.69) is 23.6 Å². The van der Waals surface area contributed by atoms with Crippen LogP contribution >= 0.6 is 0 Å². The third kappa shape index (κ3) is 4.13. The summed E-state index contributed by atoms with van der Waals surface area (Å²) in [4.78, 5) is 17.0. The zero-order valence-electron chi connectivity index (χ0n) is 12.2. The summed E-state index contributed by atoms with van der Waals surface area (Å²) in [5, 5.41) is 0. The van der Waals surface area contributed by atoms with Crippen molar-refractivity contribution in [1.82, 2.24) is 0 Å². The van der Waals surface area contributed by atoms with E-state index >= 15 is 0 Å². The van der Waals surface area contributed by atoms with Gasteiger partial charge in [-0.3, -0.25) is 4.79 Å². The van der Waals surface area contributed by atoms with Gasteiger partial charge in [0, 0.05) is 18.8 Å². The molecule has 0 aliphatic heterocycles. The van der Waals surface area contributed by atoms with Crippen molar-refractivity contribution >= 4 is 17.7 Å². The van der Waals surface area contributed by atoms with Gasteiger partial charge in [-0.25, -0.2) is 4.85 Å². The maximum atomic E-state index is 11.5. The quantitative estimate of drug-likeness (QED) is 0.452. The van der Waals surface area contributed by atoms with Crippen LogP contribution in [0.4, 0.5) is 5.69 Å². The lowest BCUT2D eigenvalue weighted by Crippen LogP contribution is -2.21. The molecule has 1 aromatic rings. The molecule has 0 bridgehead atoms. The second-order valence-corrected chi connectivity index (χ2v) is 4.13. The molecule has 0 heterocycles. The van der Waals surface area contributed by atoms with Crippen LogP contribution in [0.1, 0.15) is 26.3 Å². The highest BCUT2D eigenvalue weighted by Gasteiger charge is 2.10. The standard InChI is InChI=1S/C16H20N2O2/c1-5-18(6-2)14-10-8-13(9-11-14)12-15(17-4)16(19)20-7-3/h8-12H,5-7H2,1-3H3. The Morgan fingerprint density at radius 3 is 2.30 bits per heavy atom. The average molecular weight is 272 g/mol. The van der Waals surface area contributed by atoms with Crippen LogP contribution in [0.3, 0.4) is 0 Å². The summed E-state index contributed by atoms with van der Waals surface area (Å²) in [7, 11) is 0. The Balaban J connectivity index is 2.93. The van der Waals surface area contributed by atoms with Crippen LogP contribution in [-0.2, 0) is 9.53 Å². The van der Waals surface area contributed by atoms with Crippen LogP contribution < -0.4 is 4.90 Å². The van der Waals surface area contributed by atoms with Crippen LogP contribution in [0.5, 0.6) is 0 Å². The number of anilines is 1. The molecule has 0 atom stereocenters. The van der Waals surface area contributed by atoms with Crippen molar-refractivity contribution in [3.05, 3.63) is 46.9 Å². The number of carbonyl (C=O) groups is 1. The van der Waals surface area contributed by atoms with Gasteiger partial charge in [0.1, 0.15) is 0 Å². The lowest BCUT2D eigenvalue weighted by atomic mass is 10.1. The van der Waals surface area contributed by atoms with E-state index in [1.54, 1.807) is 13.0 Å². The molecule has 0 N–H and O–H groups in total. The van der Waals surface area contributed by atoms with Gasteiger partial charge >= 0.3 is 5.97 Å². The SMILES string of the molecule is [C-]#[N+]C(=Cc1ccc(N(CC)CC)cc1)C(=O)OCC. The molecule has 0 aromatic heterocycles. The first-order chi connectivity index (χ1) is 9.65. The summed E-state index contributed by atoms with van der Waals surface area (Å²) in [6, 6.07) is 7.78. The van der Waals surface area contributed by atoms with Crippen LogP contribution in [-0.4, -0.2) is 25.7 Å². The molecule has 0 saturated carbocycles. The van der Waals surface area contributed by atoms with E-state index in [9.17, 15) is 4.79 Å². The Morgan fingerprint density at radius 1 is 1.25 bits per heavy atom. The molecule has 4 heteroatoms. The van der Waals surface area contributed by atoms with Crippen molar-refractivity contribution < 1.29 is 9.53 Å². The molecule has 0 unspecified atom stereocenters. The van der Waals surface area contributed by atoms with Crippen molar-refractivity contribution in [2.24, 2.45) is 0 Å². The predicted molar refractivity (Wildman–Crippen MR) is 81.2 cm³/mol. The fourth-order valence-corrected chi connectivity index (χ4v) is 1.87. The molecule has 0 radical (unpaired) electrons. The smallest absolute Gasteiger partial charge is 0.336 e. The Bertz CT molecular complexity index is 508. The molecule has 1 rings (SSSR count). The highest BCUT2D eigenvalue weighted by Crippen LogP contribution is 2.17. The molecule has 20 heavy (non-hydrogen) atoms. The largest absolute Gasteiger partial charge is 0.471 e. The van der Waals surface area contributed by atoms with Crippen molar-refractivity contribution in [3.8, 4) is 0 Å². The van der Waals surface area contributed by atoms with E-state index < -0.39 is 5.97 Å². The van der Waals surface area contributed by atoms with Crippen molar-refractivity contribution in [3.63, 3.8) is 0 Å². The molecule has 0 amide bonds. The van der Waals surface area contributed by atoms with Crippen molar-refractivity contribution in [1.29, 1.82) is 0 Å². The van der Waals surface area contributed by atoms with Crippen LogP contribution in [0, 0.1) is 6.57 Å². The fraction of sp³-hybridized carbons (Fsp3) is 0.375. The van der Waals surface area contributed by atoms with Gasteiger partial charge in [0.15, 0.2) is 0 Å². The minimum atomic E-state index is -0.574. The topological polar surface area (TPSA) is 33.9 Å². The Hall–Kier alpha value is -2.28. The molecule has 106 valence electrons. The molecule has 4 nitrogen and oxygen atoms in total.